The summed E-state index contributed by atoms with van der Waals surface area (Å²) in [6, 6.07) is 0.642. The summed E-state index contributed by atoms with van der Waals surface area (Å²) in [5, 5.41) is 11.1. The maximum absolute atomic E-state index is 5.46. The molecule has 3 fully saturated rings. The van der Waals surface area contributed by atoms with Gasteiger partial charge in [-0.1, -0.05) is 19.8 Å². The molecule has 1 heterocycles. The van der Waals surface area contributed by atoms with E-state index < -0.39 is 0 Å². The predicted octanol–water partition coefficient (Wildman–Crippen LogP) is 2.45. The van der Waals surface area contributed by atoms with Gasteiger partial charge in [0.1, 0.15) is 6.29 Å². The van der Waals surface area contributed by atoms with Gasteiger partial charge in [-0.25, -0.2) is 0 Å². The maximum atomic E-state index is 5.46. The fourth-order valence-corrected chi connectivity index (χ4v) is 4.59. The van der Waals surface area contributed by atoms with Crippen molar-refractivity contribution in [1.29, 1.82) is 0 Å². The normalized spacial score (nSPS) is 43.9. The summed E-state index contributed by atoms with van der Waals surface area (Å²) in [5.41, 5.74) is 0. The molecular formula is C18H35N3O. The van der Waals surface area contributed by atoms with Gasteiger partial charge in [0.15, 0.2) is 0 Å². The van der Waals surface area contributed by atoms with Crippen molar-refractivity contribution in [1.82, 2.24) is 16.0 Å². The van der Waals surface area contributed by atoms with Crippen LogP contribution >= 0.6 is 0 Å². The van der Waals surface area contributed by atoms with Crippen molar-refractivity contribution in [2.24, 2.45) is 17.8 Å². The highest BCUT2D eigenvalue weighted by atomic mass is 16.5. The van der Waals surface area contributed by atoms with E-state index >= 15 is 0 Å². The van der Waals surface area contributed by atoms with Gasteiger partial charge >= 0.3 is 0 Å². The molecule has 2 aliphatic carbocycles. The van der Waals surface area contributed by atoms with Gasteiger partial charge in [-0.3, -0.25) is 16.0 Å². The van der Waals surface area contributed by atoms with E-state index in [1.165, 1.54) is 64.5 Å². The van der Waals surface area contributed by atoms with E-state index in [2.05, 4.69) is 22.9 Å². The highest BCUT2D eigenvalue weighted by Gasteiger charge is 2.30. The molecule has 1 aliphatic heterocycles. The first-order valence-electron chi connectivity index (χ1n) is 9.50. The molecule has 0 radical (unpaired) electrons. The van der Waals surface area contributed by atoms with E-state index in [0.29, 0.717) is 18.4 Å². The molecule has 0 aromatic carbocycles. The Kier molecular flexibility index (Phi) is 6.14. The molecule has 4 heteroatoms. The predicted molar refractivity (Wildman–Crippen MR) is 90.6 cm³/mol. The second-order valence-electron chi connectivity index (χ2n) is 7.91. The maximum Gasteiger partial charge on any atom is 0.112 e. The number of ether oxygens (including phenoxy) is 1. The van der Waals surface area contributed by atoms with Gasteiger partial charge in [-0.2, -0.15) is 0 Å². The third-order valence-corrected chi connectivity index (χ3v) is 6.31. The van der Waals surface area contributed by atoms with Crippen LogP contribution in [0.3, 0.4) is 0 Å². The van der Waals surface area contributed by atoms with Crippen molar-refractivity contribution in [2.45, 2.75) is 76.7 Å². The SMILES string of the molecule is COC1CCC(NC2NCC(C3CCC(C)CC3)CN2)CC1. The lowest BCUT2D eigenvalue weighted by Gasteiger charge is -2.40. The Morgan fingerprint density at radius 3 is 2.05 bits per heavy atom. The van der Waals surface area contributed by atoms with Crippen LogP contribution in [-0.4, -0.2) is 38.6 Å². The van der Waals surface area contributed by atoms with Crippen LogP contribution in [0.15, 0.2) is 0 Å². The molecule has 0 unspecified atom stereocenters. The topological polar surface area (TPSA) is 45.3 Å². The Bertz CT molecular complexity index is 314. The summed E-state index contributed by atoms with van der Waals surface area (Å²) in [4.78, 5) is 0. The number of methoxy groups -OCH3 is 1. The Balaban J connectivity index is 1.35. The van der Waals surface area contributed by atoms with Gasteiger partial charge in [0.05, 0.1) is 6.10 Å². The minimum absolute atomic E-state index is 0.308. The molecule has 1 saturated heterocycles. The molecule has 3 rings (SSSR count). The first-order chi connectivity index (χ1) is 10.7. The summed E-state index contributed by atoms with van der Waals surface area (Å²) in [7, 11) is 1.84. The van der Waals surface area contributed by atoms with Crippen LogP contribution < -0.4 is 16.0 Å². The highest BCUT2D eigenvalue weighted by Crippen LogP contribution is 2.33. The summed E-state index contributed by atoms with van der Waals surface area (Å²) in [6.45, 7) is 4.76. The average molecular weight is 309 g/mol. The molecular weight excluding hydrogens is 274 g/mol. The van der Waals surface area contributed by atoms with Crippen LogP contribution in [-0.2, 0) is 4.74 Å². The second kappa shape index (κ2) is 8.09. The van der Waals surface area contributed by atoms with Crippen LogP contribution in [0, 0.1) is 17.8 Å². The molecule has 4 nitrogen and oxygen atoms in total. The standard InChI is InChI=1S/C18H35N3O/c1-13-3-5-14(6-4-13)15-11-19-18(20-12-15)21-16-7-9-17(22-2)10-8-16/h13-21H,3-12H2,1-2H3. The Labute approximate surface area is 136 Å². The Morgan fingerprint density at radius 1 is 0.818 bits per heavy atom. The first kappa shape index (κ1) is 16.7. The lowest BCUT2D eigenvalue weighted by molar-refractivity contribution is 0.0575. The molecule has 22 heavy (non-hydrogen) atoms. The smallest absolute Gasteiger partial charge is 0.112 e. The molecule has 0 spiro atoms. The largest absolute Gasteiger partial charge is 0.381 e. The number of rotatable bonds is 4. The zero-order chi connectivity index (χ0) is 15.4. The lowest BCUT2D eigenvalue weighted by atomic mass is 9.76. The number of hydrogen-bond donors (Lipinski definition) is 3. The van der Waals surface area contributed by atoms with E-state index in [1.54, 1.807) is 0 Å². The van der Waals surface area contributed by atoms with Crippen molar-refractivity contribution in [3.8, 4) is 0 Å². The van der Waals surface area contributed by atoms with Gasteiger partial charge in [0.25, 0.3) is 0 Å². The Hall–Kier alpha value is -0.160. The van der Waals surface area contributed by atoms with E-state index in [4.69, 9.17) is 4.74 Å². The fourth-order valence-electron chi connectivity index (χ4n) is 4.59. The van der Waals surface area contributed by atoms with Gasteiger partial charge in [-0.15, -0.1) is 0 Å². The van der Waals surface area contributed by atoms with E-state index in [9.17, 15) is 0 Å². The lowest BCUT2D eigenvalue weighted by Crippen LogP contribution is -2.63. The second-order valence-corrected chi connectivity index (χ2v) is 7.91. The van der Waals surface area contributed by atoms with Crippen LogP contribution in [0.25, 0.3) is 0 Å². The number of nitrogens with one attached hydrogen (secondary N) is 3. The molecule has 0 amide bonds. The van der Waals surface area contributed by atoms with Gasteiger partial charge < -0.3 is 4.74 Å². The summed E-state index contributed by atoms with van der Waals surface area (Å²) < 4.78 is 5.46. The van der Waals surface area contributed by atoms with E-state index in [0.717, 1.165) is 17.8 Å². The number of hydrogen-bond acceptors (Lipinski definition) is 4. The average Bonchev–Trinajstić information content (AvgIpc) is 2.57. The Morgan fingerprint density at radius 2 is 1.45 bits per heavy atom. The van der Waals surface area contributed by atoms with Crippen molar-refractivity contribution in [3.63, 3.8) is 0 Å². The molecule has 0 aromatic heterocycles. The third kappa shape index (κ3) is 4.44. The molecule has 0 bridgehead atoms. The molecule has 3 N–H and O–H groups in total. The quantitative estimate of drug-likeness (QED) is 0.746. The monoisotopic (exact) mass is 309 g/mol. The van der Waals surface area contributed by atoms with E-state index in [-0.39, 0.29) is 0 Å². The van der Waals surface area contributed by atoms with Crippen LogP contribution in [0.1, 0.15) is 58.3 Å². The van der Waals surface area contributed by atoms with Crippen LogP contribution in [0.5, 0.6) is 0 Å². The van der Waals surface area contributed by atoms with Gasteiger partial charge in [-0.05, 0) is 56.3 Å². The molecule has 2 saturated carbocycles. The van der Waals surface area contributed by atoms with Crippen molar-refractivity contribution in [2.75, 3.05) is 20.2 Å². The minimum atomic E-state index is 0.308. The first-order valence-corrected chi connectivity index (χ1v) is 9.50. The molecule has 0 aromatic rings. The van der Waals surface area contributed by atoms with Crippen LogP contribution in [0.2, 0.25) is 0 Å². The minimum Gasteiger partial charge on any atom is -0.381 e. The summed E-state index contributed by atoms with van der Waals surface area (Å²) >= 11 is 0. The summed E-state index contributed by atoms with van der Waals surface area (Å²) in [6.07, 6.45) is 11.4. The zero-order valence-corrected chi connectivity index (χ0v) is 14.4. The molecule has 3 aliphatic rings. The third-order valence-electron chi connectivity index (χ3n) is 6.31. The van der Waals surface area contributed by atoms with Gasteiger partial charge in [0.2, 0.25) is 0 Å². The molecule has 128 valence electrons. The summed E-state index contributed by atoms with van der Waals surface area (Å²) in [5.74, 6) is 2.72. The van der Waals surface area contributed by atoms with E-state index in [1.807, 2.05) is 7.11 Å². The van der Waals surface area contributed by atoms with Gasteiger partial charge in [0, 0.05) is 26.2 Å². The fraction of sp³-hybridized carbons (Fsp3) is 1.00. The zero-order valence-electron chi connectivity index (χ0n) is 14.4. The highest BCUT2D eigenvalue weighted by molar-refractivity contribution is 4.86. The van der Waals surface area contributed by atoms with Crippen molar-refractivity contribution in [3.05, 3.63) is 0 Å². The van der Waals surface area contributed by atoms with Crippen molar-refractivity contribution < 1.29 is 4.74 Å². The van der Waals surface area contributed by atoms with Crippen molar-refractivity contribution >= 4 is 0 Å². The molecule has 0 atom stereocenters. The van der Waals surface area contributed by atoms with Crippen LogP contribution in [0.4, 0.5) is 0 Å².